The van der Waals surface area contributed by atoms with Crippen molar-refractivity contribution in [2.75, 3.05) is 26.1 Å². The molecule has 0 radical (unpaired) electrons. The summed E-state index contributed by atoms with van der Waals surface area (Å²) in [6.45, 7) is 9.58. The van der Waals surface area contributed by atoms with Crippen molar-refractivity contribution in [3.8, 4) is 0 Å². The smallest absolute Gasteiger partial charge is 0.0611 e. The van der Waals surface area contributed by atoms with Gasteiger partial charge in [0.2, 0.25) is 0 Å². The first kappa shape index (κ1) is 17.2. The Morgan fingerprint density at radius 3 is 2.47 bits per heavy atom. The van der Waals surface area contributed by atoms with Crippen LogP contribution in [0, 0.1) is 0 Å². The van der Waals surface area contributed by atoms with Gasteiger partial charge in [-0.25, -0.2) is 0 Å². The zero-order chi connectivity index (χ0) is 13.3. The van der Waals surface area contributed by atoms with E-state index in [4.69, 9.17) is 4.74 Å². The first-order valence-corrected chi connectivity index (χ1v) is 7.47. The minimum atomic E-state index is -0.165. The lowest BCUT2D eigenvalue weighted by molar-refractivity contribution is 0.157. The van der Waals surface area contributed by atoms with E-state index in [9.17, 15) is 5.11 Å². The second-order valence-corrected chi connectivity index (χ2v) is 6.80. The van der Waals surface area contributed by atoms with E-state index < -0.39 is 0 Å². The summed E-state index contributed by atoms with van der Waals surface area (Å²) < 4.78 is 5.03. The number of methoxy groups -OCH3 is 1. The number of thioether (sulfide) groups is 1. The molecule has 0 aromatic heterocycles. The lowest BCUT2D eigenvalue weighted by Gasteiger charge is -2.33. The van der Waals surface area contributed by atoms with Crippen molar-refractivity contribution < 1.29 is 9.84 Å². The molecule has 0 heterocycles. The summed E-state index contributed by atoms with van der Waals surface area (Å²) in [5, 5.41) is 13.5. The maximum absolute atomic E-state index is 9.50. The summed E-state index contributed by atoms with van der Waals surface area (Å²) in [6.07, 6.45) is 2.08. The van der Waals surface area contributed by atoms with Crippen LogP contribution in [0.2, 0.25) is 0 Å². The fraction of sp³-hybridized carbons (Fsp3) is 1.00. The van der Waals surface area contributed by atoms with Gasteiger partial charge in [0.15, 0.2) is 0 Å². The van der Waals surface area contributed by atoms with Crippen LogP contribution < -0.4 is 5.32 Å². The molecule has 0 aliphatic carbocycles. The zero-order valence-electron chi connectivity index (χ0n) is 12.0. The zero-order valence-corrected chi connectivity index (χ0v) is 12.8. The third-order valence-electron chi connectivity index (χ3n) is 2.62. The molecule has 2 N–H and O–H groups in total. The van der Waals surface area contributed by atoms with Crippen LogP contribution in [0.5, 0.6) is 0 Å². The quantitative estimate of drug-likeness (QED) is 0.593. The molecule has 2 unspecified atom stereocenters. The molecule has 17 heavy (non-hydrogen) atoms. The van der Waals surface area contributed by atoms with E-state index in [1.54, 1.807) is 7.11 Å². The molecule has 0 fully saturated rings. The van der Waals surface area contributed by atoms with Gasteiger partial charge in [0.1, 0.15) is 0 Å². The van der Waals surface area contributed by atoms with Crippen molar-refractivity contribution in [1.29, 1.82) is 0 Å². The SMILES string of the molecule is COCCCSC(C)CC(C)(CO)NC(C)C. The van der Waals surface area contributed by atoms with E-state index in [0.717, 1.165) is 25.2 Å². The second kappa shape index (κ2) is 9.20. The van der Waals surface area contributed by atoms with Crippen molar-refractivity contribution in [3.63, 3.8) is 0 Å². The van der Waals surface area contributed by atoms with Crippen LogP contribution in [0.15, 0.2) is 0 Å². The summed E-state index contributed by atoms with van der Waals surface area (Å²) in [5.41, 5.74) is -0.165. The Bertz CT molecular complexity index is 190. The molecule has 0 aliphatic heterocycles. The summed E-state index contributed by atoms with van der Waals surface area (Å²) in [5.74, 6) is 1.12. The number of hydrogen-bond acceptors (Lipinski definition) is 4. The van der Waals surface area contributed by atoms with Gasteiger partial charge in [-0.05, 0) is 25.5 Å². The molecule has 0 saturated carbocycles. The fourth-order valence-corrected chi connectivity index (χ4v) is 3.22. The summed E-state index contributed by atoms with van der Waals surface area (Å²) in [6, 6.07) is 0.401. The van der Waals surface area contributed by atoms with Crippen LogP contribution >= 0.6 is 11.8 Å². The van der Waals surface area contributed by atoms with Gasteiger partial charge in [0.25, 0.3) is 0 Å². The highest BCUT2D eigenvalue weighted by Gasteiger charge is 2.26. The van der Waals surface area contributed by atoms with Gasteiger partial charge in [-0.15, -0.1) is 0 Å². The van der Waals surface area contributed by atoms with Crippen LogP contribution in [0.1, 0.15) is 40.5 Å². The van der Waals surface area contributed by atoms with Crippen LogP contribution in [0.25, 0.3) is 0 Å². The normalized spacial score (nSPS) is 17.1. The number of aliphatic hydroxyl groups excluding tert-OH is 1. The number of aliphatic hydroxyl groups is 1. The Hall–Kier alpha value is 0.230. The first-order valence-electron chi connectivity index (χ1n) is 6.42. The molecule has 4 heteroatoms. The van der Waals surface area contributed by atoms with E-state index in [1.165, 1.54) is 0 Å². The Labute approximate surface area is 111 Å². The first-order chi connectivity index (χ1) is 7.93. The molecule has 0 amide bonds. The van der Waals surface area contributed by atoms with E-state index in [-0.39, 0.29) is 12.1 Å². The Balaban J connectivity index is 3.92. The van der Waals surface area contributed by atoms with E-state index >= 15 is 0 Å². The van der Waals surface area contributed by atoms with Gasteiger partial charge in [-0.1, -0.05) is 20.8 Å². The molecular weight excluding hydrogens is 234 g/mol. The molecule has 2 atom stereocenters. The minimum absolute atomic E-state index is 0.165. The molecule has 0 aromatic rings. The number of ether oxygens (including phenoxy) is 1. The Kier molecular flexibility index (Phi) is 9.32. The monoisotopic (exact) mass is 263 g/mol. The summed E-state index contributed by atoms with van der Waals surface area (Å²) in [7, 11) is 1.74. The average molecular weight is 263 g/mol. The molecule has 0 bridgehead atoms. The highest BCUT2D eigenvalue weighted by molar-refractivity contribution is 7.99. The highest BCUT2D eigenvalue weighted by atomic mass is 32.2. The van der Waals surface area contributed by atoms with Gasteiger partial charge in [0, 0.05) is 30.5 Å². The topological polar surface area (TPSA) is 41.5 Å². The summed E-state index contributed by atoms with van der Waals surface area (Å²) in [4.78, 5) is 0. The van der Waals surface area contributed by atoms with Crippen molar-refractivity contribution >= 4 is 11.8 Å². The molecule has 104 valence electrons. The maximum atomic E-state index is 9.50. The second-order valence-electron chi connectivity index (χ2n) is 5.25. The highest BCUT2D eigenvalue weighted by Crippen LogP contribution is 2.22. The number of rotatable bonds is 10. The predicted molar refractivity (Wildman–Crippen MR) is 76.8 cm³/mol. The van der Waals surface area contributed by atoms with Crippen LogP contribution in [-0.4, -0.2) is 48.0 Å². The molecule has 0 saturated heterocycles. The van der Waals surface area contributed by atoms with Gasteiger partial charge < -0.3 is 15.2 Å². The van der Waals surface area contributed by atoms with Crippen LogP contribution in [0.3, 0.4) is 0 Å². The van der Waals surface area contributed by atoms with Crippen molar-refractivity contribution in [3.05, 3.63) is 0 Å². The van der Waals surface area contributed by atoms with Crippen molar-refractivity contribution in [2.45, 2.75) is 57.4 Å². The van der Waals surface area contributed by atoms with Gasteiger partial charge in [-0.3, -0.25) is 0 Å². The van der Waals surface area contributed by atoms with E-state index in [1.807, 2.05) is 11.8 Å². The standard InChI is InChI=1S/C13H29NO2S/c1-11(2)14-13(4,10-15)9-12(3)17-8-6-7-16-5/h11-12,14-15H,6-10H2,1-5H3. The maximum Gasteiger partial charge on any atom is 0.0611 e. The lowest BCUT2D eigenvalue weighted by Crippen LogP contribution is -2.50. The number of nitrogens with one attached hydrogen (secondary N) is 1. The number of hydrogen-bond donors (Lipinski definition) is 2. The van der Waals surface area contributed by atoms with Crippen LogP contribution in [0.4, 0.5) is 0 Å². The van der Waals surface area contributed by atoms with Gasteiger partial charge in [0.05, 0.1) is 6.61 Å². The Morgan fingerprint density at radius 2 is 2.00 bits per heavy atom. The Morgan fingerprint density at radius 1 is 1.35 bits per heavy atom. The molecule has 0 spiro atoms. The van der Waals surface area contributed by atoms with E-state index in [2.05, 4.69) is 33.0 Å². The van der Waals surface area contributed by atoms with Gasteiger partial charge >= 0.3 is 0 Å². The minimum Gasteiger partial charge on any atom is -0.394 e. The lowest BCUT2D eigenvalue weighted by atomic mass is 9.96. The van der Waals surface area contributed by atoms with Crippen LogP contribution in [-0.2, 0) is 4.74 Å². The third kappa shape index (κ3) is 8.89. The van der Waals surface area contributed by atoms with Crippen molar-refractivity contribution in [2.24, 2.45) is 0 Å². The molecular formula is C13H29NO2S. The summed E-state index contributed by atoms with van der Waals surface area (Å²) >= 11 is 1.95. The molecule has 3 nitrogen and oxygen atoms in total. The van der Waals surface area contributed by atoms with Crippen molar-refractivity contribution in [1.82, 2.24) is 5.32 Å². The average Bonchev–Trinajstić information content (AvgIpc) is 2.23. The third-order valence-corrected chi connectivity index (χ3v) is 3.88. The van der Waals surface area contributed by atoms with Gasteiger partial charge in [-0.2, -0.15) is 11.8 Å². The molecule has 0 aliphatic rings. The largest absolute Gasteiger partial charge is 0.394 e. The predicted octanol–water partition coefficient (Wildman–Crippen LogP) is 2.28. The van der Waals surface area contributed by atoms with E-state index in [0.29, 0.717) is 11.3 Å². The molecule has 0 aromatic carbocycles. The fourth-order valence-electron chi connectivity index (χ4n) is 2.05. The molecule has 0 rings (SSSR count).